The van der Waals surface area contributed by atoms with Crippen molar-refractivity contribution in [2.45, 2.75) is 38.4 Å². The number of nitrogen functional groups attached to an aromatic ring is 1. The van der Waals surface area contributed by atoms with Gasteiger partial charge < -0.3 is 21.3 Å². The number of aryl methyl sites for hydroxylation is 1. The highest BCUT2D eigenvalue weighted by molar-refractivity contribution is 5.98. The van der Waals surface area contributed by atoms with Crippen molar-refractivity contribution in [1.29, 1.82) is 0 Å². The number of tetrazole rings is 2. The Morgan fingerprint density at radius 3 is 2.70 bits per heavy atom. The molecule has 6 aromatic rings. The van der Waals surface area contributed by atoms with Crippen molar-refractivity contribution in [3.05, 3.63) is 102 Å². The summed E-state index contributed by atoms with van der Waals surface area (Å²) in [6.07, 6.45) is 2.13. The second-order valence-electron chi connectivity index (χ2n) is 11.5. The molecule has 0 unspecified atom stereocenters. The summed E-state index contributed by atoms with van der Waals surface area (Å²) in [5.74, 6) is -0.474. The number of hydrogen-bond acceptors (Lipinski definition) is 13. The van der Waals surface area contributed by atoms with Crippen LogP contribution >= 0.6 is 0 Å². The third-order valence-electron chi connectivity index (χ3n) is 8.74. The van der Waals surface area contributed by atoms with Crippen LogP contribution in [0.25, 0.3) is 17.2 Å². The van der Waals surface area contributed by atoms with Crippen LogP contribution in [0.1, 0.15) is 61.3 Å². The lowest BCUT2D eigenvalue weighted by Gasteiger charge is -2.32. The maximum atomic E-state index is 13.6. The number of nitrogens with two attached hydrogens (primary N) is 1. The third kappa shape index (κ3) is 4.84. The van der Waals surface area contributed by atoms with Crippen molar-refractivity contribution in [2.24, 2.45) is 0 Å². The Kier molecular flexibility index (Phi) is 6.52. The molecule has 0 spiro atoms. The largest absolute Gasteiger partial charge is 0.394 e. The van der Waals surface area contributed by atoms with Gasteiger partial charge in [-0.25, -0.2) is 4.98 Å². The molecule has 4 heterocycles. The summed E-state index contributed by atoms with van der Waals surface area (Å²) >= 11 is 0. The van der Waals surface area contributed by atoms with Crippen LogP contribution in [0.4, 0.5) is 11.4 Å². The molecule has 1 atom stereocenters. The molecule has 0 fully saturated rings. The number of rotatable bonds is 7. The molecule has 0 radical (unpaired) electrons. The molecule has 3 aromatic heterocycles. The summed E-state index contributed by atoms with van der Waals surface area (Å²) in [6, 6.07) is 12.8. The third-order valence-corrected chi connectivity index (χ3v) is 8.74. The van der Waals surface area contributed by atoms with Crippen molar-refractivity contribution in [2.75, 3.05) is 17.2 Å². The molecular formula is C30H25N13O4. The molecule has 1 aliphatic heterocycles. The van der Waals surface area contributed by atoms with E-state index in [0.717, 1.165) is 39.8 Å². The van der Waals surface area contributed by atoms with E-state index in [4.69, 9.17) is 5.73 Å². The summed E-state index contributed by atoms with van der Waals surface area (Å²) in [7, 11) is 0. The van der Waals surface area contributed by atoms with E-state index >= 15 is 0 Å². The lowest BCUT2D eigenvalue weighted by Crippen LogP contribution is -2.44. The average Bonchev–Trinajstić information content (AvgIpc) is 3.88. The predicted molar refractivity (Wildman–Crippen MR) is 165 cm³/mol. The van der Waals surface area contributed by atoms with Crippen molar-refractivity contribution >= 4 is 29.0 Å². The van der Waals surface area contributed by atoms with Gasteiger partial charge in [-0.1, -0.05) is 35.4 Å². The van der Waals surface area contributed by atoms with E-state index < -0.39 is 22.7 Å². The minimum absolute atomic E-state index is 0.00541. The van der Waals surface area contributed by atoms with Crippen molar-refractivity contribution < 1.29 is 9.59 Å². The highest BCUT2D eigenvalue weighted by Gasteiger charge is 2.29. The first-order chi connectivity index (χ1) is 22.8. The summed E-state index contributed by atoms with van der Waals surface area (Å²) in [5, 5.41) is 31.4. The minimum Gasteiger partial charge on any atom is -0.394 e. The monoisotopic (exact) mass is 631 g/mol. The predicted octanol–water partition coefficient (Wildman–Crippen LogP) is -0.212. The molecule has 0 saturated heterocycles. The SMILES string of the molecule is Nc1c(N2CCc3ccc(CNC(=O)c4cc(C(=O)N[C@H]5CCc6cc(-c7nn[nH]n7)ccc65)n5nnnc5n4)cc3C2)c(=O)c1=O. The molecule has 47 heavy (non-hydrogen) atoms. The Morgan fingerprint density at radius 1 is 0.979 bits per heavy atom. The van der Waals surface area contributed by atoms with E-state index in [-0.39, 0.29) is 41.1 Å². The number of nitrogens with one attached hydrogen (secondary N) is 3. The first kappa shape index (κ1) is 28.1. The van der Waals surface area contributed by atoms with Gasteiger partial charge >= 0.3 is 0 Å². The van der Waals surface area contributed by atoms with Gasteiger partial charge in [-0.15, -0.1) is 10.2 Å². The number of hydrogen-bond donors (Lipinski definition) is 4. The summed E-state index contributed by atoms with van der Waals surface area (Å²) in [6.45, 7) is 1.18. The summed E-state index contributed by atoms with van der Waals surface area (Å²) in [4.78, 5) is 56.6. The number of aromatic amines is 1. The zero-order chi connectivity index (χ0) is 32.2. The van der Waals surface area contributed by atoms with Crippen LogP contribution in [0, 0.1) is 0 Å². The van der Waals surface area contributed by atoms with Crippen molar-refractivity contribution in [1.82, 2.24) is 56.3 Å². The molecule has 234 valence electrons. The van der Waals surface area contributed by atoms with Crippen LogP contribution in [0.5, 0.6) is 0 Å². The number of aromatic nitrogens is 9. The Balaban J connectivity index is 0.972. The maximum Gasteiger partial charge on any atom is 0.274 e. The Hall–Kier alpha value is -6.39. The average molecular weight is 632 g/mol. The minimum atomic E-state index is -0.642. The Bertz CT molecular complexity index is 2290. The molecule has 3 aromatic carbocycles. The fourth-order valence-corrected chi connectivity index (χ4v) is 6.33. The summed E-state index contributed by atoms with van der Waals surface area (Å²) in [5.41, 5.74) is 10.7. The van der Waals surface area contributed by atoms with Crippen LogP contribution in [-0.2, 0) is 25.9 Å². The van der Waals surface area contributed by atoms with Gasteiger partial charge in [0.15, 0.2) is 0 Å². The maximum absolute atomic E-state index is 13.6. The Morgan fingerprint density at radius 2 is 1.87 bits per heavy atom. The van der Waals surface area contributed by atoms with Gasteiger partial charge in [0.1, 0.15) is 22.8 Å². The molecule has 2 aliphatic rings. The van der Waals surface area contributed by atoms with Gasteiger partial charge in [-0.2, -0.15) is 9.73 Å². The van der Waals surface area contributed by atoms with E-state index in [1.54, 1.807) is 0 Å². The van der Waals surface area contributed by atoms with E-state index in [0.29, 0.717) is 31.8 Å². The first-order valence-electron chi connectivity index (χ1n) is 14.8. The Labute approximate surface area is 263 Å². The van der Waals surface area contributed by atoms with Gasteiger partial charge in [0.25, 0.3) is 28.4 Å². The number of amides is 2. The number of H-pyrrole nitrogens is 1. The van der Waals surface area contributed by atoms with E-state index in [1.807, 2.05) is 41.3 Å². The quantitative estimate of drug-likeness (QED) is 0.167. The van der Waals surface area contributed by atoms with Crippen molar-refractivity contribution in [3.8, 4) is 11.4 Å². The van der Waals surface area contributed by atoms with Crippen molar-refractivity contribution in [3.63, 3.8) is 0 Å². The van der Waals surface area contributed by atoms with Crippen LogP contribution in [-0.4, -0.2) is 64.0 Å². The molecule has 17 heteroatoms. The molecule has 2 amide bonds. The number of nitrogens with zero attached hydrogens (tertiary/aromatic N) is 9. The smallest absolute Gasteiger partial charge is 0.274 e. The lowest BCUT2D eigenvalue weighted by atomic mass is 9.96. The molecule has 5 N–H and O–H groups in total. The van der Waals surface area contributed by atoms with Crippen LogP contribution < -0.4 is 32.1 Å². The van der Waals surface area contributed by atoms with E-state index in [9.17, 15) is 19.2 Å². The molecule has 0 saturated carbocycles. The van der Waals surface area contributed by atoms with Crippen LogP contribution in [0.2, 0.25) is 0 Å². The highest BCUT2D eigenvalue weighted by Crippen LogP contribution is 2.34. The molecule has 0 bridgehead atoms. The van der Waals surface area contributed by atoms with E-state index in [2.05, 4.69) is 51.8 Å². The highest BCUT2D eigenvalue weighted by atomic mass is 16.2. The molecule has 1 aliphatic carbocycles. The van der Waals surface area contributed by atoms with Gasteiger partial charge in [-0.3, -0.25) is 19.2 Å². The fourth-order valence-electron chi connectivity index (χ4n) is 6.33. The molecule has 8 rings (SSSR count). The van der Waals surface area contributed by atoms with Gasteiger partial charge in [0, 0.05) is 31.3 Å². The zero-order valence-electron chi connectivity index (χ0n) is 24.6. The second kappa shape index (κ2) is 10.9. The topological polar surface area (TPSA) is 232 Å². The van der Waals surface area contributed by atoms with Gasteiger partial charge in [-0.05, 0) is 68.8 Å². The molecular weight excluding hydrogens is 606 g/mol. The fraction of sp³-hybridized carbons (Fsp3) is 0.233. The first-order valence-corrected chi connectivity index (χ1v) is 14.8. The number of carbonyl (C=O) groups excluding carboxylic acids is 2. The standard InChI is InChI=1S/C30H25N13O4/c31-23-24(26(45)25(23)44)42-8-7-15-2-1-14(9-18(15)13-42)12-32-28(46)21-11-22(43-30(34-21)37-40-41-43)29(47)33-20-6-4-16-10-17(3-5-19(16)20)27-35-38-39-36-27/h1-3,5,9-11,20H,4,6-8,12-13,31H2,(H,32,46)(H,33,47)(H,35,36,38,39)/t20-/m0/s1. The number of benzene rings is 2. The van der Waals surface area contributed by atoms with Crippen LogP contribution in [0.3, 0.4) is 0 Å². The zero-order valence-corrected chi connectivity index (χ0v) is 24.6. The van der Waals surface area contributed by atoms with Gasteiger partial charge in [0.2, 0.25) is 5.82 Å². The van der Waals surface area contributed by atoms with Crippen LogP contribution in [0.15, 0.2) is 52.1 Å². The molecule has 17 nitrogen and oxygen atoms in total. The summed E-state index contributed by atoms with van der Waals surface area (Å²) < 4.78 is 1.19. The van der Waals surface area contributed by atoms with Gasteiger partial charge in [0.05, 0.1) is 6.04 Å². The number of carbonyl (C=O) groups is 2. The normalized spacial score (nSPS) is 15.5. The second-order valence-corrected chi connectivity index (χ2v) is 11.5. The lowest BCUT2D eigenvalue weighted by molar-refractivity contribution is 0.0928. The number of anilines is 2. The van der Waals surface area contributed by atoms with E-state index in [1.165, 1.54) is 10.6 Å². The number of fused-ring (bicyclic) bond motifs is 3.